The van der Waals surface area contributed by atoms with Crippen molar-refractivity contribution < 1.29 is 0 Å². The Labute approximate surface area is 405 Å². The smallest absolute Gasteiger partial charge is 0.0540 e. The summed E-state index contributed by atoms with van der Waals surface area (Å²) in [5.41, 5.74) is 18.4. The largest absolute Gasteiger partial charge is 0.310 e. The summed E-state index contributed by atoms with van der Waals surface area (Å²) in [5.74, 6) is 0. The Hall–Kier alpha value is -8.66. The number of fused-ring (bicyclic) bond motifs is 5. The first-order valence-corrected chi connectivity index (χ1v) is 23.9. The molecule has 330 valence electrons. The first kappa shape index (κ1) is 41.7. The lowest BCUT2D eigenvalue weighted by molar-refractivity contribution is 0.660. The molecule has 3 heteroatoms. The second-order valence-corrected chi connectivity index (χ2v) is 18.6. The summed E-state index contributed by atoms with van der Waals surface area (Å²) in [6.07, 6.45) is 0. The zero-order chi connectivity index (χ0) is 46.5. The summed E-state index contributed by atoms with van der Waals surface area (Å²) in [6.45, 7) is 7.00. The van der Waals surface area contributed by atoms with Crippen LogP contribution in [0.3, 0.4) is 0 Å². The fourth-order valence-electron chi connectivity index (χ4n) is 10.8. The molecule has 0 radical (unpaired) electrons. The highest BCUT2D eigenvalue weighted by atomic mass is 15.2. The molecule has 0 atom stereocenters. The summed E-state index contributed by atoms with van der Waals surface area (Å²) < 4.78 is 0. The van der Waals surface area contributed by atoms with E-state index in [2.05, 4.69) is 290 Å². The van der Waals surface area contributed by atoms with Crippen LogP contribution in [0, 0.1) is 6.92 Å². The quantitative estimate of drug-likeness (QED) is 0.135. The van der Waals surface area contributed by atoms with Gasteiger partial charge in [0.2, 0.25) is 0 Å². The van der Waals surface area contributed by atoms with Crippen LogP contribution in [0.15, 0.2) is 255 Å². The van der Waals surface area contributed by atoms with Crippen molar-refractivity contribution in [3.63, 3.8) is 0 Å². The van der Waals surface area contributed by atoms with E-state index in [1.54, 1.807) is 0 Å². The Balaban J connectivity index is 1.16. The Morgan fingerprint density at radius 1 is 0.304 bits per heavy atom. The SMILES string of the molecule is Cc1cccc2c1-c1ccc(N(c3ccc(-c4ccccc4)cc3)c3cc(N(c4ccccc4)c4cccc5ccccc45)cc(N(c4ccccc4)c4cccc5ccccc45)c3)cc1C2(C)C. The van der Waals surface area contributed by atoms with E-state index in [0.29, 0.717) is 0 Å². The minimum absolute atomic E-state index is 0.195. The Kier molecular flexibility index (Phi) is 10.4. The molecule has 11 aromatic rings. The summed E-state index contributed by atoms with van der Waals surface area (Å²) in [4.78, 5) is 7.33. The fraction of sp³-hybridized carbons (Fsp3) is 0.0606. The minimum atomic E-state index is -0.195. The first-order valence-electron chi connectivity index (χ1n) is 23.9. The van der Waals surface area contributed by atoms with E-state index >= 15 is 0 Å². The fourth-order valence-corrected chi connectivity index (χ4v) is 10.8. The molecule has 0 amide bonds. The average molecular weight is 886 g/mol. The number of rotatable bonds is 10. The van der Waals surface area contributed by atoms with Crippen molar-refractivity contribution in [2.75, 3.05) is 14.7 Å². The third kappa shape index (κ3) is 7.40. The molecule has 0 N–H and O–H groups in total. The van der Waals surface area contributed by atoms with E-state index in [0.717, 1.165) is 51.2 Å². The molecule has 1 aliphatic rings. The Bertz CT molecular complexity index is 3500. The predicted molar refractivity (Wildman–Crippen MR) is 293 cm³/mol. The van der Waals surface area contributed by atoms with Crippen molar-refractivity contribution in [3.05, 3.63) is 271 Å². The third-order valence-corrected chi connectivity index (χ3v) is 14.1. The number of hydrogen-bond acceptors (Lipinski definition) is 3. The Morgan fingerprint density at radius 2 is 0.739 bits per heavy atom. The number of aryl methyl sites for hydroxylation is 1. The molecule has 0 fully saturated rings. The molecule has 1 aliphatic carbocycles. The van der Waals surface area contributed by atoms with Crippen molar-refractivity contribution in [2.45, 2.75) is 26.2 Å². The Morgan fingerprint density at radius 3 is 1.30 bits per heavy atom. The van der Waals surface area contributed by atoms with E-state index in [1.165, 1.54) is 60.5 Å². The second kappa shape index (κ2) is 17.2. The van der Waals surface area contributed by atoms with Gasteiger partial charge in [-0.3, -0.25) is 0 Å². The highest BCUT2D eigenvalue weighted by Crippen LogP contribution is 2.53. The highest BCUT2D eigenvalue weighted by molar-refractivity contribution is 6.02. The topological polar surface area (TPSA) is 9.72 Å². The van der Waals surface area contributed by atoms with Crippen molar-refractivity contribution in [1.82, 2.24) is 0 Å². The van der Waals surface area contributed by atoms with Gasteiger partial charge in [-0.2, -0.15) is 0 Å². The van der Waals surface area contributed by atoms with Crippen LogP contribution < -0.4 is 14.7 Å². The van der Waals surface area contributed by atoms with E-state index in [9.17, 15) is 0 Å². The summed E-state index contributed by atoms with van der Waals surface area (Å²) in [6, 6.07) is 93.1. The zero-order valence-corrected chi connectivity index (χ0v) is 39.1. The molecule has 0 saturated carbocycles. The van der Waals surface area contributed by atoms with Crippen LogP contribution in [-0.2, 0) is 5.41 Å². The standard InChI is InChI=1S/C66H51N3/c1-46-20-17-33-61-65(46)60-41-40-54(45-62(60)66(61,2)3)67(53-38-36-48(37-39-53)47-21-7-4-8-22-47)55-42-56(68(51-27-9-5-10-28-51)63-34-18-25-49-23-13-15-31-58(49)63)44-57(43-55)69(52-29-11-6-12-30-52)64-35-19-26-50-24-14-16-32-59(50)64/h4-45H,1-3H3. The van der Waals surface area contributed by atoms with Gasteiger partial charge in [0.1, 0.15) is 0 Å². The number of benzene rings is 11. The number of hydrogen-bond donors (Lipinski definition) is 0. The van der Waals surface area contributed by atoms with Gasteiger partial charge in [-0.15, -0.1) is 0 Å². The van der Waals surface area contributed by atoms with Crippen LogP contribution in [0.1, 0.15) is 30.5 Å². The highest BCUT2D eigenvalue weighted by Gasteiger charge is 2.37. The average Bonchev–Trinajstić information content (AvgIpc) is 3.63. The molecule has 11 aromatic carbocycles. The first-order chi connectivity index (χ1) is 33.9. The molecule has 3 nitrogen and oxygen atoms in total. The monoisotopic (exact) mass is 885 g/mol. The van der Waals surface area contributed by atoms with Crippen LogP contribution in [0.25, 0.3) is 43.8 Å². The van der Waals surface area contributed by atoms with Gasteiger partial charge in [0, 0.05) is 38.9 Å². The maximum absolute atomic E-state index is 2.46. The maximum atomic E-state index is 2.46. The molecular formula is C66H51N3. The van der Waals surface area contributed by atoms with Gasteiger partial charge in [0.05, 0.1) is 28.4 Å². The molecule has 0 aliphatic heterocycles. The summed E-state index contributed by atoms with van der Waals surface area (Å²) in [5, 5.41) is 4.72. The number of anilines is 9. The molecule has 0 bridgehead atoms. The van der Waals surface area contributed by atoms with Crippen LogP contribution in [-0.4, -0.2) is 0 Å². The molecule has 12 rings (SSSR count). The maximum Gasteiger partial charge on any atom is 0.0540 e. The molecule has 0 heterocycles. The summed E-state index contributed by atoms with van der Waals surface area (Å²) >= 11 is 0. The lowest BCUT2D eigenvalue weighted by Crippen LogP contribution is -2.18. The van der Waals surface area contributed by atoms with Gasteiger partial charge in [-0.05, 0) is 136 Å². The normalized spacial score (nSPS) is 12.4. The molecular weight excluding hydrogens is 835 g/mol. The molecule has 0 spiro atoms. The predicted octanol–water partition coefficient (Wildman–Crippen LogP) is 18.7. The van der Waals surface area contributed by atoms with Gasteiger partial charge in [0.15, 0.2) is 0 Å². The van der Waals surface area contributed by atoms with E-state index < -0.39 is 0 Å². The number of para-hydroxylation sites is 2. The van der Waals surface area contributed by atoms with Crippen molar-refractivity contribution in [1.29, 1.82) is 0 Å². The van der Waals surface area contributed by atoms with E-state index in [-0.39, 0.29) is 5.41 Å². The van der Waals surface area contributed by atoms with Gasteiger partial charge in [-0.25, -0.2) is 0 Å². The van der Waals surface area contributed by atoms with Crippen LogP contribution in [0.4, 0.5) is 51.2 Å². The molecule has 69 heavy (non-hydrogen) atoms. The van der Waals surface area contributed by atoms with Crippen molar-refractivity contribution >= 4 is 72.7 Å². The van der Waals surface area contributed by atoms with Gasteiger partial charge >= 0.3 is 0 Å². The summed E-state index contributed by atoms with van der Waals surface area (Å²) in [7, 11) is 0. The van der Waals surface area contributed by atoms with E-state index in [4.69, 9.17) is 0 Å². The van der Waals surface area contributed by atoms with Gasteiger partial charge in [0.25, 0.3) is 0 Å². The second-order valence-electron chi connectivity index (χ2n) is 18.6. The lowest BCUT2D eigenvalue weighted by atomic mass is 9.82. The number of nitrogens with zero attached hydrogens (tertiary/aromatic N) is 3. The van der Waals surface area contributed by atoms with E-state index in [1.807, 2.05) is 0 Å². The van der Waals surface area contributed by atoms with Crippen molar-refractivity contribution in [3.8, 4) is 22.3 Å². The van der Waals surface area contributed by atoms with Crippen LogP contribution in [0.5, 0.6) is 0 Å². The molecule has 0 aromatic heterocycles. The van der Waals surface area contributed by atoms with Crippen LogP contribution in [0.2, 0.25) is 0 Å². The van der Waals surface area contributed by atoms with Gasteiger partial charge < -0.3 is 14.7 Å². The van der Waals surface area contributed by atoms with Crippen molar-refractivity contribution in [2.24, 2.45) is 0 Å². The van der Waals surface area contributed by atoms with Crippen LogP contribution >= 0.6 is 0 Å². The molecule has 0 saturated heterocycles. The minimum Gasteiger partial charge on any atom is -0.310 e. The van der Waals surface area contributed by atoms with Gasteiger partial charge in [-0.1, -0.05) is 190 Å². The zero-order valence-electron chi connectivity index (χ0n) is 39.1. The molecule has 0 unspecified atom stereocenters. The third-order valence-electron chi connectivity index (χ3n) is 14.1. The lowest BCUT2D eigenvalue weighted by Gasteiger charge is -2.34.